The van der Waals surface area contributed by atoms with Gasteiger partial charge in [-0.25, -0.2) is 0 Å². The van der Waals surface area contributed by atoms with Crippen LogP contribution >= 0.6 is 15.9 Å². The van der Waals surface area contributed by atoms with Crippen molar-refractivity contribution >= 4 is 15.9 Å². The van der Waals surface area contributed by atoms with E-state index in [0.717, 1.165) is 6.04 Å². The highest BCUT2D eigenvalue weighted by Crippen LogP contribution is 2.31. The maximum Gasteiger partial charge on any atom is 0.0210 e. The zero-order valence-corrected chi connectivity index (χ0v) is 10.5. The number of benzene rings is 1. The van der Waals surface area contributed by atoms with Crippen LogP contribution in [0.5, 0.6) is 0 Å². The molecule has 1 aliphatic heterocycles. The summed E-state index contributed by atoms with van der Waals surface area (Å²) in [6.07, 6.45) is 5.25. The predicted molar refractivity (Wildman–Crippen MR) is 66.1 cm³/mol. The van der Waals surface area contributed by atoms with Crippen LogP contribution in [0.25, 0.3) is 0 Å². The Hall–Kier alpha value is -0.340. The first-order chi connectivity index (χ1) is 7.34. The molecule has 1 fully saturated rings. The summed E-state index contributed by atoms with van der Waals surface area (Å²) in [5.74, 6) is 0. The van der Waals surface area contributed by atoms with Gasteiger partial charge in [-0.1, -0.05) is 28.1 Å². The molecule has 1 aromatic carbocycles. The molecule has 2 heteroatoms. The van der Waals surface area contributed by atoms with Crippen LogP contribution in [-0.4, -0.2) is 24.0 Å². The normalized spacial score (nSPS) is 25.8. The Morgan fingerprint density at radius 1 is 1.27 bits per heavy atom. The van der Waals surface area contributed by atoms with E-state index < -0.39 is 0 Å². The summed E-state index contributed by atoms with van der Waals surface area (Å²) in [6, 6.07) is 7.46. The third kappa shape index (κ3) is 1.74. The summed E-state index contributed by atoms with van der Waals surface area (Å²) >= 11 is 3.66. The van der Waals surface area contributed by atoms with Crippen LogP contribution in [0.4, 0.5) is 0 Å². The van der Waals surface area contributed by atoms with Gasteiger partial charge in [-0.2, -0.15) is 0 Å². The van der Waals surface area contributed by atoms with Crippen LogP contribution in [0.2, 0.25) is 0 Å². The third-order valence-electron chi connectivity index (χ3n) is 3.81. The fraction of sp³-hybridized carbons (Fsp3) is 0.538. The molecular formula is C13H16BrN. The van der Waals surface area contributed by atoms with Crippen LogP contribution in [0.1, 0.15) is 24.0 Å². The molecule has 1 unspecified atom stereocenters. The second-order valence-electron chi connectivity index (χ2n) is 4.66. The number of rotatable bonds is 1. The van der Waals surface area contributed by atoms with Crippen LogP contribution in [0.15, 0.2) is 22.7 Å². The minimum absolute atomic E-state index is 0.820. The van der Waals surface area contributed by atoms with Gasteiger partial charge in [-0.3, -0.25) is 4.90 Å². The highest BCUT2D eigenvalue weighted by atomic mass is 79.9. The van der Waals surface area contributed by atoms with Gasteiger partial charge >= 0.3 is 0 Å². The van der Waals surface area contributed by atoms with Gasteiger partial charge in [-0.05, 0) is 56.0 Å². The molecule has 15 heavy (non-hydrogen) atoms. The lowest BCUT2D eigenvalue weighted by Gasteiger charge is -2.41. The maximum absolute atomic E-state index is 3.66. The lowest BCUT2D eigenvalue weighted by Crippen LogP contribution is -2.47. The second-order valence-corrected chi connectivity index (χ2v) is 5.52. The molecule has 0 N–H and O–H groups in total. The summed E-state index contributed by atoms with van der Waals surface area (Å²) < 4.78 is 1.31. The second kappa shape index (κ2) is 3.91. The van der Waals surface area contributed by atoms with Crippen molar-refractivity contribution < 1.29 is 0 Å². The Bertz CT molecular complexity index is 371. The van der Waals surface area contributed by atoms with Crippen LogP contribution in [-0.2, 0) is 12.8 Å². The van der Waals surface area contributed by atoms with Gasteiger partial charge in [0.05, 0.1) is 0 Å². The Morgan fingerprint density at radius 3 is 2.87 bits per heavy atom. The molecule has 3 rings (SSSR count). The summed E-state index contributed by atoms with van der Waals surface area (Å²) in [5.41, 5.74) is 3.11. The quantitative estimate of drug-likeness (QED) is 0.755. The number of fused-ring (bicyclic) bond motifs is 1. The molecule has 0 saturated carbocycles. The summed E-state index contributed by atoms with van der Waals surface area (Å²) in [5, 5.41) is 0. The van der Waals surface area contributed by atoms with Crippen LogP contribution in [0, 0.1) is 0 Å². The first-order valence-corrected chi connectivity index (χ1v) is 6.64. The highest BCUT2D eigenvalue weighted by molar-refractivity contribution is 9.10. The van der Waals surface area contributed by atoms with E-state index in [4.69, 9.17) is 0 Å². The number of hydrogen-bond donors (Lipinski definition) is 0. The van der Waals surface area contributed by atoms with Crippen molar-refractivity contribution in [2.24, 2.45) is 0 Å². The molecule has 1 nitrogen and oxygen atoms in total. The Morgan fingerprint density at radius 2 is 2.13 bits per heavy atom. The fourth-order valence-electron chi connectivity index (χ4n) is 2.76. The molecule has 1 saturated heterocycles. The zero-order chi connectivity index (χ0) is 10.3. The third-order valence-corrected chi connectivity index (χ3v) is 4.55. The highest BCUT2D eigenvalue weighted by Gasteiger charge is 2.28. The largest absolute Gasteiger partial charge is 0.300 e. The van der Waals surface area contributed by atoms with E-state index in [9.17, 15) is 0 Å². The topological polar surface area (TPSA) is 3.24 Å². The minimum Gasteiger partial charge on any atom is -0.300 e. The van der Waals surface area contributed by atoms with E-state index in [1.165, 1.54) is 43.2 Å². The number of halogens is 1. The lowest BCUT2D eigenvalue weighted by molar-refractivity contribution is 0.107. The molecule has 80 valence electrons. The molecule has 0 radical (unpaired) electrons. The van der Waals surface area contributed by atoms with Crippen molar-refractivity contribution in [2.45, 2.75) is 31.7 Å². The Balaban J connectivity index is 1.83. The minimum atomic E-state index is 0.820. The molecule has 2 aliphatic rings. The first-order valence-electron chi connectivity index (χ1n) is 5.85. The van der Waals surface area contributed by atoms with Crippen molar-refractivity contribution in [1.82, 2.24) is 4.90 Å². The van der Waals surface area contributed by atoms with Gasteiger partial charge in [0.25, 0.3) is 0 Å². The Kier molecular flexibility index (Phi) is 2.57. The SMILES string of the molecule is Brc1cccc2c1CCC(N1CCC1)C2. The van der Waals surface area contributed by atoms with Gasteiger partial charge in [0.15, 0.2) is 0 Å². The molecule has 0 spiro atoms. The Labute approximate surface area is 99.6 Å². The molecule has 0 bridgehead atoms. The van der Waals surface area contributed by atoms with E-state index in [1.807, 2.05) is 0 Å². The number of nitrogens with zero attached hydrogens (tertiary/aromatic N) is 1. The van der Waals surface area contributed by atoms with Gasteiger partial charge < -0.3 is 0 Å². The first kappa shape index (κ1) is 9.86. The summed E-state index contributed by atoms with van der Waals surface area (Å²) in [4.78, 5) is 2.64. The summed E-state index contributed by atoms with van der Waals surface area (Å²) in [6.45, 7) is 2.65. The van der Waals surface area contributed by atoms with Crippen molar-refractivity contribution in [2.75, 3.05) is 13.1 Å². The lowest BCUT2D eigenvalue weighted by atomic mass is 9.86. The van der Waals surface area contributed by atoms with Gasteiger partial charge in [0.1, 0.15) is 0 Å². The fourth-order valence-corrected chi connectivity index (χ4v) is 3.36. The average molecular weight is 266 g/mol. The van der Waals surface area contributed by atoms with E-state index in [2.05, 4.69) is 39.0 Å². The van der Waals surface area contributed by atoms with Gasteiger partial charge in [0.2, 0.25) is 0 Å². The average Bonchev–Trinajstić information content (AvgIpc) is 2.15. The van der Waals surface area contributed by atoms with Crippen molar-refractivity contribution in [3.63, 3.8) is 0 Å². The molecule has 1 atom stereocenters. The molecule has 1 aliphatic carbocycles. The standard InChI is InChI=1S/C13H16BrN/c14-13-4-1-3-10-9-11(5-6-12(10)13)15-7-2-8-15/h1,3-4,11H,2,5-9H2. The predicted octanol–water partition coefficient (Wildman–Crippen LogP) is 3.01. The van der Waals surface area contributed by atoms with E-state index in [-0.39, 0.29) is 0 Å². The van der Waals surface area contributed by atoms with E-state index >= 15 is 0 Å². The molecule has 0 aromatic heterocycles. The molecular weight excluding hydrogens is 250 g/mol. The smallest absolute Gasteiger partial charge is 0.0210 e. The zero-order valence-electron chi connectivity index (χ0n) is 8.88. The number of likely N-dealkylation sites (tertiary alicyclic amines) is 1. The monoisotopic (exact) mass is 265 g/mol. The van der Waals surface area contributed by atoms with Crippen LogP contribution < -0.4 is 0 Å². The molecule has 1 heterocycles. The van der Waals surface area contributed by atoms with Gasteiger partial charge in [-0.15, -0.1) is 0 Å². The van der Waals surface area contributed by atoms with E-state index in [1.54, 1.807) is 11.1 Å². The molecule has 0 amide bonds. The molecule has 1 aromatic rings. The number of hydrogen-bond acceptors (Lipinski definition) is 1. The van der Waals surface area contributed by atoms with E-state index in [0.29, 0.717) is 0 Å². The summed E-state index contributed by atoms with van der Waals surface area (Å²) in [7, 11) is 0. The van der Waals surface area contributed by atoms with Crippen LogP contribution in [0.3, 0.4) is 0 Å². The van der Waals surface area contributed by atoms with Gasteiger partial charge in [0, 0.05) is 10.5 Å². The van der Waals surface area contributed by atoms with Crippen molar-refractivity contribution in [1.29, 1.82) is 0 Å². The maximum atomic E-state index is 3.66. The van der Waals surface area contributed by atoms with Crippen molar-refractivity contribution in [3.05, 3.63) is 33.8 Å². The van der Waals surface area contributed by atoms with Crippen molar-refractivity contribution in [3.8, 4) is 0 Å².